The molecule has 0 radical (unpaired) electrons. The zero-order valence-corrected chi connectivity index (χ0v) is 14.2. The van der Waals surface area contributed by atoms with Crippen molar-refractivity contribution >= 4 is 12.4 Å². The Morgan fingerprint density at radius 1 is 1.18 bits per heavy atom. The summed E-state index contributed by atoms with van der Waals surface area (Å²) in [5, 5.41) is 9.65. The zero-order valence-electron chi connectivity index (χ0n) is 11.8. The summed E-state index contributed by atoms with van der Waals surface area (Å²) >= 11 is 0. The number of carbonyl (C=O) groups excluding carboxylic acids is 1. The molecule has 2 aromatic carbocycles. The third-order valence-electron chi connectivity index (χ3n) is 2.52. The van der Waals surface area contributed by atoms with Gasteiger partial charge in [-0.1, -0.05) is 42.0 Å². The van der Waals surface area contributed by atoms with Gasteiger partial charge in [0, 0.05) is 0 Å². The minimum atomic E-state index is -1.07. The monoisotopic (exact) mass is 545 g/mol. The van der Waals surface area contributed by atoms with E-state index in [0.29, 0.717) is 0 Å². The number of nitrogens with one attached hydrogen (secondary N) is 1. The van der Waals surface area contributed by atoms with E-state index in [-0.39, 0.29) is 12.4 Å². The van der Waals surface area contributed by atoms with E-state index in [9.17, 15) is 14.0 Å². The van der Waals surface area contributed by atoms with Crippen LogP contribution in [0.3, 0.4) is 0 Å². The van der Waals surface area contributed by atoms with E-state index in [4.69, 9.17) is 5.11 Å². The summed E-state index contributed by atoms with van der Waals surface area (Å²) in [5.41, 5.74) is 3.19. The summed E-state index contributed by atoms with van der Waals surface area (Å²) in [6, 6.07) is 14.7. The second-order valence-corrected chi connectivity index (χ2v) is 4.23. The Labute approximate surface area is 122 Å². The van der Waals surface area contributed by atoms with Crippen LogP contribution in [-0.4, -0.2) is 24.0 Å². The fourth-order valence-electron chi connectivity index (χ4n) is 1.53. The standard InChI is InChI=1S/C13H11F.C3H4NO3.Fm/c1-10-5-7-11(8-6-10)12-3-2-4-13(14)9-12;5-2-4-1-3(6)7;/h2-9H,1H3;1H2,(H,4,5)(H,6,7);/q;-1;. The maximum Gasteiger partial charge on any atom is 0.320 e. The van der Waals surface area contributed by atoms with Crippen molar-refractivity contribution in [2.45, 2.75) is 6.92 Å². The van der Waals surface area contributed by atoms with Crippen molar-refractivity contribution in [2.75, 3.05) is 6.54 Å². The zero-order chi connectivity index (χ0) is 15.7. The molecule has 2 rings (SSSR count). The number of rotatable bonds is 4. The summed E-state index contributed by atoms with van der Waals surface area (Å²) in [6.07, 6.45) is 1.22. The van der Waals surface area contributed by atoms with Crippen LogP contribution in [0.15, 0.2) is 48.5 Å². The fraction of sp³-hybridized carbons (Fsp3) is 0.125. The van der Waals surface area contributed by atoms with E-state index in [1.54, 1.807) is 12.1 Å². The molecule has 0 aromatic heterocycles. The summed E-state index contributed by atoms with van der Waals surface area (Å²) in [4.78, 5) is 18.7. The molecule has 6 heteroatoms. The predicted molar refractivity (Wildman–Crippen MR) is 77.9 cm³/mol. The summed E-state index contributed by atoms with van der Waals surface area (Å²) in [5.74, 6) is -1.26. The number of amides is 1. The molecule has 0 spiro atoms. The average Bonchev–Trinajstić information content (AvgIpc) is 2.46. The van der Waals surface area contributed by atoms with Crippen molar-refractivity contribution in [3.8, 4) is 11.1 Å². The van der Waals surface area contributed by atoms with Gasteiger partial charge in [-0.15, -0.1) is 0 Å². The van der Waals surface area contributed by atoms with Gasteiger partial charge < -0.3 is 15.2 Å². The molecule has 0 aliphatic rings. The Balaban J connectivity index is 0.000000478. The van der Waals surface area contributed by atoms with Crippen LogP contribution >= 0.6 is 0 Å². The molecule has 0 atom stereocenters. The third-order valence-corrected chi connectivity index (χ3v) is 2.52. The van der Waals surface area contributed by atoms with Crippen molar-refractivity contribution in [1.82, 2.24) is 5.32 Å². The first-order chi connectivity index (χ1) is 10.0. The molecule has 0 aliphatic heterocycles. The van der Waals surface area contributed by atoms with Gasteiger partial charge in [0.05, 0.1) is 6.54 Å². The van der Waals surface area contributed by atoms with E-state index < -0.39 is 5.97 Å². The quantitative estimate of drug-likeness (QED) is 0.459. The van der Waals surface area contributed by atoms with Crippen LogP contribution in [0.2, 0.25) is 0 Å². The Kier molecular flexibility index (Phi) is 7.70. The molecule has 0 saturated carbocycles. The van der Waals surface area contributed by atoms with Crippen LogP contribution in [0.25, 0.3) is 11.1 Å². The number of hydrogen-bond acceptors (Lipinski definition) is 2. The minimum Gasteiger partial charge on any atom is -0.521 e. The number of halogens is 1. The van der Waals surface area contributed by atoms with Crippen molar-refractivity contribution in [3.63, 3.8) is 0 Å². The van der Waals surface area contributed by atoms with Gasteiger partial charge in [-0.05, 0) is 30.2 Å². The van der Waals surface area contributed by atoms with Gasteiger partial charge in [0.25, 0.3) is 0 Å². The number of aliphatic carboxylic acids is 1. The van der Waals surface area contributed by atoms with Crippen LogP contribution in [0.1, 0.15) is 5.56 Å². The van der Waals surface area contributed by atoms with Crippen molar-refractivity contribution in [1.29, 1.82) is 0 Å². The van der Waals surface area contributed by atoms with E-state index in [2.05, 4.69) is 0 Å². The second-order valence-electron chi connectivity index (χ2n) is 4.23. The normalized spacial score (nSPS) is 8.82. The van der Waals surface area contributed by atoms with E-state index >= 15 is 0 Å². The molecular weight excluding hydrogens is 530 g/mol. The Bertz CT molecular complexity index is 603. The van der Waals surface area contributed by atoms with Gasteiger partial charge in [-0.25, -0.2) is 4.39 Å². The number of carbonyl (C=O) groups is 1. The summed E-state index contributed by atoms with van der Waals surface area (Å²) in [6.45, 7) is 1.68. The first-order valence-electron chi connectivity index (χ1n) is 6.17. The molecule has 1 amide bonds. The molecule has 0 aliphatic carbocycles. The fourth-order valence-corrected chi connectivity index (χ4v) is 1.53. The topological polar surface area (TPSA) is 66.4 Å². The number of carboxylic acids is 1. The van der Waals surface area contributed by atoms with Crippen LogP contribution in [0.4, 0.5) is 4.39 Å². The molecule has 4 nitrogen and oxygen atoms in total. The Morgan fingerprint density at radius 3 is 2.27 bits per heavy atom. The van der Waals surface area contributed by atoms with Crippen LogP contribution in [-0.2, 0) is 9.59 Å². The van der Waals surface area contributed by atoms with Crippen molar-refractivity contribution < 1.29 is 19.1 Å². The molecule has 0 fully saturated rings. The van der Waals surface area contributed by atoms with E-state index in [0.717, 1.165) is 11.1 Å². The molecule has 2 aromatic rings. The first-order valence-corrected chi connectivity index (χ1v) is 6.17. The first kappa shape index (κ1) is 18.3. The molecule has 122 valence electrons. The van der Waals surface area contributed by atoms with Gasteiger partial charge in [-0.2, -0.15) is 6.41 Å². The molecule has 22 heavy (non-hydrogen) atoms. The Hall–Kier alpha value is -3.69. The largest absolute Gasteiger partial charge is 0.521 e. The third kappa shape index (κ3) is 6.47. The van der Waals surface area contributed by atoms with Crippen molar-refractivity contribution in [3.05, 3.63) is 59.9 Å². The van der Waals surface area contributed by atoms with Crippen LogP contribution in [0.5, 0.6) is 0 Å². The second kappa shape index (κ2) is 9.25. The molecule has 0 saturated heterocycles. The Morgan fingerprint density at radius 2 is 1.82 bits per heavy atom. The maximum atomic E-state index is 12.9. The smallest absolute Gasteiger partial charge is 0.320 e. The molecule has 0 bridgehead atoms. The number of hydrogen-bond donors (Lipinski definition) is 2. The predicted octanol–water partition coefficient (Wildman–Crippen LogP) is 2.53. The minimum absolute atomic E-state index is 0. The average molecular weight is 545 g/mol. The molecular formula is C16H15FFmNO3-. The molecule has 0 unspecified atom stereocenters. The SMILES string of the molecule is Cc1ccc(-c2cccc(F)c2)cc1.O=[C-]NCC(=O)O.[Fm]. The van der Waals surface area contributed by atoms with Crippen LogP contribution < -0.4 is 5.32 Å². The molecule has 2 N–H and O–H groups in total. The number of aryl methyl sites for hydroxylation is 1. The van der Waals surface area contributed by atoms with Crippen molar-refractivity contribution in [2.24, 2.45) is 0 Å². The number of benzene rings is 2. The van der Waals surface area contributed by atoms with E-state index in [1.807, 2.05) is 42.6 Å². The maximum absolute atomic E-state index is 12.9. The van der Waals surface area contributed by atoms with Gasteiger partial charge >= 0.3 is 5.97 Å². The number of carboxylic acid groups (broad SMARTS) is 1. The van der Waals surface area contributed by atoms with Gasteiger partial charge in [-0.3, -0.25) is 4.79 Å². The van der Waals surface area contributed by atoms with E-state index in [1.165, 1.54) is 18.0 Å². The van der Waals surface area contributed by atoms with Gasteiger partial charge in [0.15, 0.2) is 0 Å². The summed E-state index contributed by atoms with van der Waals surface area (Å²) in [7, 11) is 0. The van der Waals surface area contributed by atoms with Crippen LogP contribution in [0, 0.1) is 12.7 Å². The summed E-state index contributed by atoms with van der Waals surface area (Å²) < 4.78 is 12.9. The van der Waals surface area contributed by atoms with Gasteiger partial charge in [0.1, 0.15) is 5.82 Å². The molecule has 0 heterocycles. The van der Waals surface area contributed by atoms with Gasteiger partial charge in [0.2, 0.25) is 0 Å².